The molecule has 0 amide bonds. The molecule has 2 unspecified atom stereocenters. The summed E-state index contributed by atoms with van der Waals surface area (Å²) in [5.74, 6) is 1.09. The van der Waals surface area contributed by atoms with E-state index in [9.17, 15) is 0 Å². The third kappa shape index (κ3) is 4.18. The van der Waals surface area contributed by atoms with Crippen LogP contribution >= 0.6 is 0 Å². The highest BCUT2D eigenvalue weighted by Crippen LogP contribution is 2.32. The molecule has 0 aliphatic rings. The molecule has 2 nitrogen and oxygen atoms in total. The first-order chi connectivity index (χ1) is 11.8. The molecule has 0 fully saturated rings. The SMILES string of the molecule is CCC(C)c1cc(C)c(N)c(Cc2cc(C(C)CC)cc(C)c2N)c1. The average Bonchev–Trinajstić information content (AvgIpc) is 2.60. The molecule has 0 saturated heterocycles. The Morgan fingerprint density at radius 1 is 0.720 bits per heavy atom. The van der Waals surface area contributed by atoms with Gasteiger partial charge in [-0.05, 0) is 71.9 Å². The minimum absolute atomic E-state index is 0.545. The Morgan fingerprint density at radius 3 is 1.40 bits per heavy atom. The van der Waals surface area contributed by atoms with Gasteiger partial charge in [0.15, 0.2) is 0 Å². The molecule has 0 radical (unpaired) electrons. The lowest BCUT2D eigenvalue weighted by Gasteiger charge is -2.19. The fourth-order valence-electron chi connectivity index (χ4n) is 3.34. The van der Waals surface area contributed by atoms with Crippen LogP contribution in [0.25, 0.3) is 0 Å². The van der Waals surface area contributed by atoms with Crippen molar-refractivity contribution < 1.29 is 0 Å². The molecule has 0 saturated carbocycles. The number of nitrogen functional groups attached to an aromatic ring is 2. The summed E-state index contributed by atoms with van der Waals surface area (Å²) in [4.78, 5) is 0. The third-order valence-corrected chi connectivity index (χ3v) is 5.73. The molecule has 0 spiro atoms. The van der Waals surface area contributed by atoms with E-state index in [4.69, 9.17) is 11.5 Å². The zero-order chi connectivity index (χ0) is 18.7. The fraction of sp³-hybridized carbons (Fsp3) is 0.478. The Morgan fingerprint density at radius 2 is 1.08 bits per heavy atom. The number of hydrogen-bond acceptors (Lipinski definition) is 2. The Bertz CT molecular complexity index is 683. The van der Waals surface area contributed by atoms with Crippen LogP contribution in [0.3, 0.4) is 0 Å². The topological polar surface area (TPSA) is 52.0 Å². The van der Waals surface area contributed by atoms with E-state index in [1.54, 1.807) is 0 Å². The standard InChI is InChI=1S/C23H34N2/c1-7-14(3)18-9-16(5)22(24)20(11-18)13-21-12-19(15(4)8-2)10-17(6)23(21)25/h9-12,14-15H,7-8,13,24-25H2,1-6H3. The first-order valence-electron chi connectivity index (χ1n) is 9.56. The highest BCUT2D eigenvalue weighted by atomic mass is 14.6. The minimum atomic E-state index is 0.545. The average molecular weight is 339 g/mol. The Labute approximate surface area is 153 Å². The van der Waals surface area contributed by atoms with Crippen LogP contribution in [0.5, 0.6) is 0 Å². The lowest BCUT2D eigenvalue weighted by atomic mass is 9.88. The molecule has 0 aliphatic heterocycles. The zero-order valence-corrected chi connectivity index (χ0v) is 16.7. The zero-order valence-electron chi connectivity index (χ0n) is 16.7. The second-order valence-electron chi connectivity index (χ2n) is 7.62. The van der Waals surface area contributed by atoms with Crippen molar-refractivity contribution in [2.45, 2.75) is 72.6 Å². The van der Waals surface area contributed by atoms with Gasteiger partial charge in [0.05, 0.1) is 0 Å². The smallest absolute Gasteiger partial charge is 0.0379 e. The van der Waals surface area contributed by atoms with Crippen molar-refractivity contribution in [3.8, 4) is 0 Å². The van der Waals surface area contributed by atoms with E-state index < -0.39 is 0 Å². The van der Waals surface area contributed by atoms with Gasteiger partial charge in [-0.15, -0.1) is 0 Å². The van der Waals surface area contributed by atoms with Crippen LogP contribution in [0.1, 0.15) is 85.8 Å². The quantitative estimate of drug-likeness (QED) is 0.627. The Hall–Kier alpha value is -1.96. The van der Waals surface area contributed by atoms with Crippen LogP contribution in [0, 0.1) is 13.8 Å². The highest BCUT2D eigenvalue weighted by molar-refractivity contribution is 5.62. The van der Waals surface area contributed by atoms with Gasteiger partial charge in [0.25, 0.3) is 0 Å². The summed E-state index contributed by atoms with van der Waals surface area (Å²) in [5, 5.41) is 0. The van der Waals surface area contributed by atoms with Gasteiger partial charge in [-0.3, -0.25) is 0 Å². The molecule has 4 N–H and O–H groups in total. The predicted molar refractivity (Wildman–Crippen MR) is 111 cm³/mol. The van der Waals surface area contributed by atoms with Gasteiger partial charge in [0, 0.05) is 17.8 Å². The van der Waals surface area contributed by atoms with E-state index >= 15 is 0 Å². The van der Waals surface area contributed by atoms with Crippen LogP contribution in [0.2, 0.25) is 0 Å². The maximum atomic E-state index is 6.41. The van der Waals surface area contributed by atoms with E-state index in [2.05, 4.69) is 65.8 Å². The van der Waals surface area contributed by atoms with Gasteiger partial charge < -0.3 is 11.5 Å². The van der Waals surface area contributed by atoms with Crippen molar-refractivity contribution in [2.75, 3.05) is 11.5 Å². The molecule has 0 aliphatic carbocycles. The van der Waals surface area contributed by atoms with E-state index in [0.29, 0.717) is 11.8 Å². The van der Waals surface area contributed by atoms with Gasteiger partial charge >= 0.3 is 0 Å². The Balaban J connectivity index is 2.49. The third-order valence-electron chi connectivity index (χ3n) is 5.73. The maximum Gasteiger partial charge on any atom is 0.0379 e. The summed E-state index contributed by atoms with van der Waals surface area (Å²) in [5.41, 5.74) is 22.1. The molecule has 2 aromatic carbocycles. The van der Waals surface area contributed by atoms with Crippen molar-refractivity contribution in [2.24, 2.45) is 0 Å². The minimum Gasteiger partial charge on any atom is -0.398 e. The summed E-state index contributed by atoms with van der Waals surface area (Å²) in [6, 6.07) is 9.02. The van der Waals surface area contributed by atoms with Crippen LogP contribution in [0.15, 0.2) is 24.3 Å². The number of hydrogen-bond donors (Lipinski definition) is 2. The normalized spacial score (nSPS) is 13.7. The van der Waals surface area contributed by atoms with Crippen molar-refractivity contribution in [1.82, 2.24) is 0 Å². The molecule has 136 valence electrons. The summed E-state index contributed by atoms with van der Waals surface area (Å²) >= 11 is 0. The molecule has 2 aromatic rings. The summed E-state index contributed by atoms with van der Waals surface area (Å²) in [6.07, 6.45) is 3.06. The summed E-state index contributed by atoms with van der Waals surface area (Å²) in [6.45, 7) is 13.2. The van der Waals surface area contributed by atoms with Gasteiger partial charge in [-0.1, -0.05) is 52.0 Å². The lowest BCUT2D eigenvalue weighted by molar-refractivity contribution is 0.730. The van der Waals surface area contributed by atoms with Gasteiger partial charge in [0.1, 0.15) is 0 Å². The second kappa shape index (κ2) is 7.95. The number of rotatable bonds is 6. The molecule has 0 heterocycles. The number of nitrogens with two attached hydrogens (primary N) is 2. The number of aryl methyl sites for hydroxylation is 2. The molecule has 2 atom stereocenters. The largest absolute Gasteiger partial charge is 0.398 e. The molecular formula is C23H34N2. The van der Waals surface area contributed by atoms with Gasteiger partial charge in [-0.2, -0.15) is 0 Å². The first-order valence-corrected chi connectivity index (χ1v) is 9.56. The van der Waals surface area contributed by atoms with E-state index in [1.807, 2.05) is 0 Å². The summed E-state index contributed by atoms with van der Waals surface area (Å²) < 4.78 is 0. The van der Waals surface area contributed by atoms with Gasteiger partial charge in [0.2, 0.25) is 0 Å². The second-order valence-corrected chi connectivity index (χ2v) is 7.62. The molecule has 0 bridgehead atoms. The van der Waals surface area contributed by atoms with Crippen LogP contribution in [-0.2, 0) is 6.42 Å². The lowest BCUT2D eigenvalue weighted by Crippen LogP contribution is -2.06. The van der Waals surface area contributed by atoms with E-state index in [0.717, 1.165) is 30.6 Å². The van der Waals surface area contributed by atoms with E-state index in [-0.39, 0.29) is 0 Å². The highest BCUT2D eigenvalue weighted by Gasteiger charge is 2.14. The van der Waals surface area contributed by atoms with Crippen LogP contribution in [0.4, 0.5) is 11.4 Å². The number of benzene rings is 2. The monoisotopic (exact) mass is 338 g/mol. The first kappa shape index (κ1) is 19.4. The predicted octanol–water partition coefficient (Wildman–Crippen LogP) is 6.09. The maximum absolute atomic E-state index is 6.41. The van der Waals surface area contributed by atoms with E-state index in [1.165, 1.54) is 33.4 Å². The molecule has 25 heavy (non-hydrogen) atoms. The fourth-order valence-corrected chi connectivity index (χ4v) is 3.34. The van der Waals surface area contributed by atoms with Crippen LogP contribution in [-0.4, -0.2) is 0 Å². The molecule has 2 rings (SSSR count). The number of anilines is 2. The molecule has 2 heteroatoms. The van der Waals surface area contributed by atoms with Crippen LogP contribution < -0.4 is 11.5 Å². The Kier molecular flexibility index (Phi) is 6.16. The van der Waals surface area contributed by atoms with Gasteiger partial charge in [-0.25, -0.2) is 0 Å². The molecule has 0 aromatic heterocycles. The van der Waals surface area contributed by atoms with Crippen molar-refractivity contribution in [3.05, 3.63) is 57.6 Å². The summed E-state index contributed by atoms with van der Waals surface area (Å²) in [7, 11) is 0. The van der Waals surface area contributed by atoms with Crippen molar-refractivity contribution in [1.29, 1.82) is 0 Å². The van der Waals surface area contributed by atoms with Crippen molar-refractivity contribution >= 4 is 11.4 Å². The molecular weight excluding hydrogens is 304 g/mol. The van der Waals surface area contributed by atoms with Crippen molar-refractivity contribution in [3.63, 3.8) is 0 Å².